The topological polar surface area (TPSA) is 114 Å². The molecule has 0 bridgehead atoms. The summed E-state index contributed by atoms with van der Waals surface area (Å²) in [4.78, 5) is 24.0. The Kier molecular flexibility index (Phi) is 6.88. The van der Waals surface area contributed by atoms with Gasteiger partial charge in [-0.2, -0.15) is 17.5 Å². The lowest BCUT2D eigenvalue weighted by Gasteiger charge is -2.26. The van der Waals surface area contributed by atoms with Gasteiger partial charge in [-0.1, -0.05) is 0 Å². The van der Waals surface area contributed by atoms with E-state index in [0.717, 1.165) is 17.7 Å². The lowest BCUT2D eigenvalue weighted by Crippen LogP contribution is -2.44. The van der Waals surface area contributed by atoms with E-state index >= 15 is 0 Å². The van der Waals surface area contributed by atoms with Crippen LogP contribution >= 0.6 is 11.5 Å². The van der Waals surface area contributed by atoms with E-state index in [4.69, 9.17) is 4.74 Å². The maximum atomic E-state index is 13.9. The molecule has 9 nitrogen and oxygen atoms in total. The lowest BCUT2D eigenvalue weighted by atomic mass is 10.1. The number of hydrogen-bond donors (Lipinski definition) is 3. The van der Waals surface area contributed by atoms with Crippen LogP contribution < -0.4 is 20.7 Å². The highest BCUT2D eigenvalue weighted by molar-refractivity contribution is 7.10. The second kappa shape index (κ2) is 9.85. The first-order valence-electron chi connectivity index (χ1n) is 10.1. The summed E-state index contributed by atoms with van der Waals surface area (Å²) in [6.45, 7) is 2.50. The van der Waals surface area contributed by atoms with Crippen LogP contribution in [0.4, 0.5) is 34.1 Å². The highest BCUT2D eigenvalue weighted by atomic mass is 32.1. The number of aromatic nitrogens is 4. The Morgan fingerprint density at radius 2 is 2.03 bits per heavy atom. The summed E-state index contributed by atoms with van der Waals surface area (Å²) in [5.74, 6) is -0.242. The monoisotopic (exact) mass is 497 g/mol. The minimum Gasteiger partial charge on any atom is -0.471 e. The molecule has 2 unspecified atom stereocenters. The number of halogens is 4. The summed E-state index contributed by atoms with van der Waals surface area (Å²) < 4.78 is 61.6. The van der Waals surface area contributed by atoms with Crippen LogP contribution in [0.5, 0.6) is 5.88 Å². The van der Waals surface area contributed by atoms with Crippen LogP contribution in [0.3, 0.4) is 0 Å². The number of nitrogens with zero attached hydrogens (tertiary/aromatic N) is 4. The van der Waals surface area contributed by atoms with Crippen LogP contribution in [-0.4, -0.2) is 50.6 Å². The highest BCUT2D eigenvalue weighted by Gasteiger charge is 2.33. The Morgan fingerprint density at radius 1 is 1.21 bits per heavy atom. The summed E-state index contributed by atoms with van der Waals surface area (Å²) in [7, 11) is 0. The largest absolute Gasteiger partial charge is 0.471 e. The fourth-order valence-corrected chi connectivity index (χ4v) is 3.98. The molecule has 1 aliphatic rings. The van der Waals surface area contributed by atoms with Crippen LogP contribution in [0.15, 0.2) is 30.7 Å². The van der Waals surface area contributed by atoms with Gasteiger partial charge in [0.1, 0.15) is 23.1 Å². The smallest absolute Gasteiger partial charge is 0.434 e. The normalized spacial score (nSPS) is 18.4. The highest BCUT2D eigenvalue weighted by Crippen LogP contribution is 2.30. The van der Waals surface area contributed by atoms with Crippen LogP contribution in [0.2, 0.25) is 0 Å². The molecule has 3 aromatic rings. The van der Waals surface area contributed by atoms with E-state index in [1.54, 1.807) is 13.0 Å². The Labute approximate surface area is 195 Å². The van der Waals surface area contributed by atoms with E-state index in [2.05, 4.69) is 35.3 Å². The predicted molar refractivity (Wildman–Crippen MR) is 116 cm³/mol. The van der Waals surface area contributed by atoms with E-state index in [1.807, 2.05) is 0 Å². The van der Waals surface area contributed by atoms with E-state index in [-0.39, 0.29) is 28.8 Å². The number of carbonyl (C=O) groups is 1. The summed E-state index contributed by atoms with van der Waals surface area (Å²) in [5.41, 5.74) is -0.149. The zero-order valence-electron chi connectivity index (χ0n) is 17.7. The minimum atomic E-state index is -4.60. The molecule has 2 atom stereocenters. The number of pyridine rings is 1. The van der Waals surface area contributed by atoms with Gasteiger partial charge in [0.05, 0.1) is 35.5 Å². The Balaban J connectivity index is 1.42. The van der Waals surface area contributed by atoms with Crippen molar-refractivity contribution in [2.24, 2.45) is 0 Å². The van der Waals surface area contributed by atoms with Gasteiger partial charge in [0.15, 0.2) is 5.69 Å². The number of amides is 1. The van der Waals surface area contributed by atoms with Crippen molar-refractivity contribution >= 4 is 33.9 Å². The molecule has 4 heterocycles. The number of alkyl halides is 4. The van der Waals surface area contributed by atoms with Crippen LogP contribution in [0.25, 0.3) is 0 Å². The molecule has 0 spiro atoms. The zero-order valence-corrected chi connectivity index (χ0v) is 18.5. The van der Waals surface area contributed by atoms with E-state index in [0.29, 0.717) is 30.5 Å². The molecule has 3 aromatic heterocycles. The molecule has 3 N–H and O–H groups in total. The number of nitrogens with one attached hydrogen (secondary N) is 3. The number of piperidine rings is 1. The van der Waals surface area contributed by atoms with Crippen molar-refractivity contribution in [1.29, 1.82) is 0 Å². The number of rotatable bonds is 6. The average Bonchev–Trinajstić information content (AvgIpc) is 3.16. The lowest BCUT2D eigenvalue weighted by molar-refractivity contribution is -0.141. The first kappa shape index (κ1) is 23.8. The van der Waals surface area contributed by atoms with Crippen LogP contribution in [0, 0.1) is 6.92 Å². The summed E-state index contributed by atoms with van der Waals surface area (Å²) >= 11 is 0.953. The van der Waals surface area contributed by atoms with Crippen molar-refractivity contribution in [3.8, 4) is 5.88 Å². The minimum absolute atomic E-state index is 0.0259. The molecule has 1 amide bonds. The number of ether oxygens (including phenoxy) is 1. The number of aryl methyl sites for hydroxylation is 1. The third kappa shape index (κ3) is 5.56. The van der Waals surface area contributed by atoms with Gasteiger partial charge >= 0.3 is 6.18 Å². The molecule has 0 aromatic carbocycles. The molecule has 34 heavy (non-hydrogen) atoms. The molecule has 180 valence electrons. The Hall–Kier alpha value is -3.39. The third-order valence-corrected chi connectivity index (χ3v) is 5.74. The van der Waals surface area contributed by atoms with Gasteiger partial charge in [0.25, 0.3) is 5.91 Å². The Morgan fingerprint density at radius 3 is 2.68 bits per heavy atom. The molecule has 0 radical (unpaired) electrons. The van der Waals surface area contributed by atoms with E-state index in [9.17, 15) is 22.4 Å². The molecule has 0 saturated carbocycles. The standard InChI is InChI=1S/C20H19F4N7O2S/c1-10-17(19(34-31-10)30-15-9-26-14(8-27-15)20(22,23)24)18(32)29-11-2-3-16(28-6-11)33-13-4-5-25-7-12(13)21/h2-3,6,8-9,12-13,25H,4-5,7H2,1H3,(H,27,30)(H,29,32). The van der Waals surface area contributed by atoms with Crippen molar-refractivity contribution in [1.82, 2.24) is 24.6 Å². The quantitative estimate of drug-likeness (QED) is 0.442. The van der Waals surface area contributed by atoms with Crippen molar-refractivity contribution in [3.05, 3.63) is 47.7 Å². The van der Waals surface area contributed by atoms with Gasteiger partial charge in [-0.25, -0.2) is 19.3 Å². The zero-order chi connectivity index (χ0) is 24.3. The first-order valence-corrected chi connectivity index (χ1v) is 10.9. The summed E-state index contributed by atoms with van der Waals surface area (Å²) in [6, 6.07) is 3.10. The number of carbonyl (C=O) groups excluding carboxylic acids is 1. The fraction of sp³-hybridized carbons (Fsp3) is 0.350. The van der Waals surface area contributed by atoms with Crippen molar-refractivity contribution < 1.29 is 27.1 Å². The molecule has 4 rings (SSSR count). The number of hydrogen-bond acceptors (Lipinski definition) is 9. The van der Waals surface area contributed by atoms with Gasteiger partial charge in [0.2, 0.25) is 5.88 Å². The first-order chi connectivity index (χ1) is 16.2. The molecule has 1 fully saturated rings. The fourth-order valence-electron chi connectivity index (χ4n) is 3.18. The molecule has 14 heteroatoms. The van der Waals surface area contributed by atoms with E-state index in [1.165, 1.54) is 12.3 Å². The van der Waals surface area contributed by atoms with Crippen molar-refractivity contribution in [2.75, 3.05) is 23.7 Å². The predicted octanol–water partition coefficient (Wildman–Crippen LogP) is 3.73. The van der Waals surface area contributed by atoms with Crippen molar-refractivity contribution in [2.45, 2.75) is 31.8 Å². The second-order valence-electron chi connectivity index (χ2n) is 7.39. The maximum absolute atomic E-state index is 13.9. The van der Waals surface area contributed by atoms with Gasteiger partial charge < -0.3 is 20.7 Å². The third-order valence-electron chi connectivity index (χ3n) is 4.89. The second-order valence-corrected chi connectivity index (χ2v) is 8.16. The molecular weight excluding hydrogens is 478 g/mol. The summed E-state index contributed by atoms with van der Waals surface area (Å²) in [6.07, 6.45) is -2.91. The van der Waals surface area contributed by atoms with Crippen LogP contribution in [0.1, 0.15) is 28.2 Å². The SMILES string of the molecule is Cc1nsc(Nc2cnc(C(F)(F)F)cn2)c1C(=O)Nc1ccc(OC2CCNCC2F)nc1. The molecule has 1 aliphatic heterocycles. The van der Waals surface area contributed by atoms with Crippen molar-refractivity contribution in [3.63, 3.8) is 0 Å². The Bertz CT molecular complexity index is 1140. The number of anilines is 3. The van der Waals surface area contributed by atoms with Crippen LogP contribution in [-0.2, 0) is 6.18 Å². The van der Waals surface area contributed by atoms with Gasteiger partial charge in [-0.15, -0.1) is 0 Å². The molecule has 0 aliphatic carbocycles. The van der Waals surface area contributed by atoms with E-state index < -0.39 is 30.1 Å². The average molecular weight is 497 g/mol. The van der Waals surface area contributed by atoms with Gasteiger partial charge in [-0.05, 0) is 37.5 Å². The van der Waals surface area contributed by atoms with Gasteiger partial charge in [-0.3, -0.25) is 4.79 Å². The molecular formula is C20H19F4N7O2S. The molecule has 1 saturated heterocycles. The summed E-state index contributed by atoms with van der Waals surface area (Å²) in [5, 5.41) is 8.69. The van der Waals surface area contributed by atoms with Gasteiger partial charge in [0, 0.05) is 12.6 Å². The maximum Gasteiger partial charge on any atom is 0.434 e.